The first-order valence-electron chi connectivity index (χ1n) is 5.90. The summed E-state index contributed by atoms with van der Waals surface area (Å²) in [5.41, 5.74) is 0. The molecule has 5 heteroatoms. The number of ketones is 2. The Morgan fingerprint density at radius 1 is 0.944 bits per heavy atom. The third-order valence-electron chi connectivity index (χ3n) is 0.845. The van der Waals surface area contributed by atoms with Crippen molar-refractivity contribution in [2.24, 2.45) is 0 Å². The predicted octanol–water partition coefficient (Wildman–Crippen LogP) is 2.15. The van der Waals surface area contributed by atoms with Gasteiger partial charge in [0.25, 0.3) is 0 Å². The van der Waals surface area contributed by atoms with E-state index in [-0.39, 0.29) is 24.1 Å². The van der Waals surface area contributed by atoms with Crippen molar-refractivity contribution in [1.82, 2.24) is 0 Å². The van der Waals surface area contributed by atoms with E-state index >= 15 is 0 Å². The molecule has 0 unspecified atom stereocenters. The maximum atomic E-state index is 9.82. The molecular weight excluding hydrogens is 236 g/mol. The summed E-state index contributed by atoms with van der Waals surface area (Å²) in [5, 5.41) is 7.57. The molecule has 0 bridgehead atoms. The molecule has 0 aliphatic heterocycles. The van der Waals surface area contributed by atoms with Crippen LogP contribution in [0.3, 0.4) is 0 Å². The summed E-state index contributed by atoms with van der Waals surface area (Å²) < 4.78 is 4.40. The van der Waals surface area contributed by atoms with Crippen LogP contribution in [0, 0.1) is 0 Å². The lowest BCUT2D eigenvalue weighted by Crippen LogP contribution is -1.95. The van der Waals surface area contributed by atoms with E-state index in [4.69, 9.17) is 5.11 Å². The zero-order chi connectivity index (χ0) is 15.6. The van der Waals surface area contributed by atoms with Gasteiger partial charge in [-0.15, -0.1) is 0 Å². The van der Waals surface area contributed by atoms with Crippen molar-refractivity contribution in [3.05, 3.63) is 0 Å². The molecule has 0 aliphatic carbocycles. The molecule has 0 saturated carbocycles. The minimum atomic E-state index is -0.211. The number of esters is 1. The van der Waals surface area contributed by atoms with Crippen LogP contribution >= 0.6 is 0 Å². The maximum Gasteiger partial charge on any atom is 0.302 e. The van der Waals surface area contributed by atoms with E-state index in [2.05, 4.69) is 4.74 Å². The standard InChI is InChI=1S/C4H8O2.C4H8O.C3H6O.C2H6O/c1-3-6-4(2)5;1-3-4(2)5;1-3(2)4;1-2-3/h3H2,1-2H3;3H2,1-2H3;1-2H3;3H,2H2,1H3. The fraction of sp³-hybridized carbons (Fsp3) is 0.769. The predicted molar refractivity (Wildman–Crippen MR) is 72.4 cm³/mol. The SMILES string of the molecule is CC(C)=O.CCC(C)=O.CCO.CCOC(C)=O. The van der Waals surface area contributed by atoms with Crippen LogP contribution in [0.15, 0.2) is 0 Å². The molecule has 0 saturated heterocycles. The quantitative estimate of drug-likeness (QED) is 0.773. The highest BCUT2D eigenvalue weighted by atomic mass is 16.5. The second-order valence-corrected chi connectivity index (χ2v) is 3.20. The number of carbonyl (C=O) groups is 3. The Hall–Kier alpha value is -1.23. The molecule has 0 spiro atoms. The number of aliphatic hydroxyl groups is 1. The number of hydrogen-bond donors (Lipinski definition) is 1. The van der Waals surface area contributed by atoms with Crippen LogP contribution in [0.2, 0.25) is 0 Å². The Labute approximate surface area is 111 Å². The van der Waals surface area contributed by atoms with Crippen LogP contribution in [0.4, 0.5) is 0 Å². The first-order valence-corrected chi connectivity index (χ1v) is 5.90. The van der Waals surface area contributed by atoms with Crippen molar-refractivity contribution in [3.63, 3.8) is 0 Å². The van der Waals surface area contributed by atoms with Crippen LogP contribution in [-0.2, 0) is 19.1 Å². The molecule has 0 aliphatic rings. The van der Waals surface area contributed by atoms with E-state index in [1.165, 1.54) is 20.8 Å². The van der Waals surface area contributed by atoms with Gasteiger partial charge in [-0.3, -0.25) is 4.79 Å². The molecule has 0 radical (unpaired) electrons. The van der Waals surface area contributed by atoms with Gasteiger partial charge in [-0.05, 0) is 34.6 Å². The third kappa shape index (κ3) is 197. The maximum absolute atomic E-state index is 9.82. The number of Topliss-reactive ketones (excluding diaryl/α,β-unsaturated/α-hetero) is 2. The normalized spacial score (nSPS) is 7.11. The summed E-state index contributed by atoms with van der Waals surface area (Å²) >= 11 is 0. The molecule has 0 rings (SSSR count). The summed E-state index contributed by atoms with van der Waals surface area (Å²) in [4.78, 5) is 29.1. The van der Waals surface area contributed by atoms with Gasteiger partial charge in [-0.1, -0.05) is 6.92 Å². The number of carbonyl (C=O) groups excluding carboxylic acids is 3. The zero-order valence-electron chi connectivity index (χ0n) is 12.7. The highest BCUT2D eigenvalue weighted by molar-refractivity contribution is 5.74. The second kappa shape index (κ2) is 24.8. The summed E-state index contributed by atoms with van der Waals surface area (Å²) in [6, 6.07) is 0. The highest BCUT2D eigenvalue weighted by Crippen LogP contribution is 1.71. The summed E-state index contributed by atoms with van der Waals surface area (Å²) in [5.74, 6) is 0.211. The second-order valence-electron chi connectivity index (χ2n) is 3.20. The van der Waals surface area contributed by atoms with Crippen LogP contribution in [-0.4, -0.2) is 35.9 Å². The van der Waals surface area contributed by atoms with Crippen LogP contribution in [0.25, 0.3) is 0 Å². The monoisotopic (exact) mass is 264 g/mol. The highest BCUT2D eigenvalue weighted by Gasteiger charge is 1.81. The van der Waals surface area contributed by atoms with Gasteiger partial charge in [-0.25, -0.2) is 0 Å². The van der Waals surface area contributed by atoms with Crippen molar-refractivity contribution in [1.29, 1.82) is 0 Å². The Balaban J connectivity index is -0.0000000750. The van der Waals surface area contributed by atoms with Crippen LogP contribution in [0.5, 0.6) is 0 Å². The lowest BCUT2D eigenvalue weighted by atomic mass is 10.4. The first kappa shape index (κ1) is 25.6. The van der Waals surface area contributed by atoms with Crippen molar-refractivity contribution < 1.29 is 24.2 Å². The number of hydrogen-bond acceptors (Lipinski definition) is 5. The molecule has 0 heterocycles. The molecule has 18 heavy (non-hydrogen) atoms. The molecule has 0 aromatic rings. The Bertz CT molecular complexity index is 196. The molecule has 0 aromatic heterocycles. The fourth-order valence-corrected chi connectivity index (χ4v) is 0.203. The largest absolute Gasteiger partial charge is 0.466 e. The molecule has 110 valence electrons. The number of aliphatic hydroxyl groups excluding tert-OH is 1. The molecule has 0 amide bonds. The van der Waals surface area contributed by atoms with Gasteiger partial charge in [0.2, 0.25) is 0 Å². The molecule has 0 fully saturated rings. The van der Waals surface area contributed by atoms with Gasteiger partial charge >= 0.3 is 5.97 Å². The van der Waals surface area contributed by atoms with E-state index in [1.54, 1.807) is 20.8 Å². The third-order valence-corrected chi connectivity index (χ3v) is 0.845. The minimum Gasteiger partial charge on any atom is -0.466 e. The van der Waals surface area contributed by atoms with Crippen molar-refractivity contribution >= 4 is 17.5 Å². The van der Waals surface area contributed by atoms with Gasteiger partial charge in [0.05, 0.1) is 6.61 Å². The summed E-state index contributed by atoms with van der Waals surface area (Å²) in [6.45, 7) is 12.1. The van der Waals surface area contributed by atoms with Crippen molar-refractivity contribution in [2.45, 2.75) is 54.9 Å². The van der Waals surface area contributed by atoms with E-state index in [0.717, 1.165) is 0 Å². The Kier molecular flexibility index (Phi) is 35.3. The average Bonchev–Trinajstić information content (AvgIpc) is 2.18. The van der Waals surface area contributed by atoms with Gasteiger partial charge in [0.1, 0.15) is 11.6 Å². The summed E-state index contributed by atoms with van der Waals surface area (Å²) in [7, 11) is 0. The minimum absolute atomic E-state index is 0.167. The molecule has 5 nitrogen and oxygen atoms in total. The van der Waals surface area contributed by atoms with Gasteiger partial charge in [0.15, 0.2) is 0 Å². The van der Waals surface area contributed by atoms with Gasteiger partial charge in [-0.2, -0.15) is 0 Å². The van der Waals surface area contributed by atoms with Crippen LogP contribution in [0.1, 0.15) is 54.9 Å². The van der Waals surface area contributed by atoms with Gasteiger partial charge < -0.3 is 19.4 Å². The number of rotatable bonds is 2. The van der Waals surface area contributed by atoms with Crippen molar-refractivity contribution in [3.8, 4) is 0 Å². The topological polar surface area (TPSA) is 80.7 Å². The average molecular weight is 264 g/mol. The lowest BCUT2D eigenvalue weighted by molar-refractivity contribution is -0.140. The molecular formula is C13H28O5. The summed E-state index contributed by atoms with van der Waals surface area (Å²) in [6.07, 6.45) is 0.667. The van der Waals surface area contributed by atoms with E-state index in [0.29, 0.717) is 13.0 Å². The molecule has 1 N–H and O–H groups in total. The van der Waals surface area contributed by atoms with Crippen LogP contribution < -0.4 is 0 Å². The van der Waals surface area contributed by atoms with E-state index in [9.17, 15) is 14.4 Å². The fourth-order valence-electron chi connectivity index (χ4n) is 0.203. The molecule has 0 aromatic carbocycles. The van der Waals surface area contributed by atoms with Gasteiger partial charge in [0, 0.05) is 20.0 Å². The Morgan fingerprint density at radius 2 is 1.17 bits per heavy atom. The van der Waals surface area contributed by atoms with E-state index in [1.807, 2.05) is 6.92 Å². The first-order chi connectivity index (χ1) is 8.19. The smallest absolute Gasteiger partial charge is 0.302 e. The zero-order valence-corrected chi connectivity index (χ0v) is 12.7. The molecule has 0 atom stereocenters. The van der Waals surface area contributed by atoms with Crippen molar-refractivity contribution in [2.75, 3.05) is 13.2 Å². The Morgan fingerprint density at radius 3 is 1.17 bits per heavy atom. The number of ether oxygens (including phenoxy) is 1. The van der Waals surface area contributed by atoms with E-state index < -0.39 is 0 Å². The lowest BCUT2D eigenvalue weighted by Gasteiger charge is -1.89.